The van der Waals surface area contributed by atoms with E-state index in [0.717, 1.165) is 17.0 Å². The molecule has 0 spiro atoms. The van der Waals surface area contributed by atoms with E-state index in [1.54, 1.807) is 18.2 Å². The van der Waals surface area contributed by atoms with Gasteiger partial charge in [0.25, 0.3) is 5.56 Å². The van der Waals surface area contributed by atoms with Crippen molar-refractivity contribution in [1.82, 2.24) is 14.9 Å². The minimum atomic E-state index is -0.202. The number of nitrogens with zero attached hydrogens (tertiary/aromatic N) is 3. The Kier molecular flexibility index (Phi) is 6.65. The first-order chi connectivity index (χ1) is 14.9. The maximum atomic E-state index is 13.3. The van der Waals surface area contributed by atoms with Crippen LogP contribution in [0.5, 0.6) is 0 Å². The minimum absolute atomic E-state index is 0.0511. The van der Waals surface area contributed by atoms with E-state index in [2.05, 4.69) is 23.0 Å². The Labute approximate surface area is 190 Å². The quantitative estimate of drug-likeness (QED) is 0.619. The zero-order valence-electron chi connectivity index (χ0n) is 17.6. The number of fused-ring (bicyclic) bond motifs is 2. The predicted octanol–water partition coefficient (Wildman–Crippen LogP) is 4.32. The van der Waals surface area contributed by atoms with E-state index in [1.165, 1.54) is 0 Å². The van der Waals surface area contributed by atoms with Gasteiger partial charge in [-0.25, -0.2) is 4.98 Å². The molecule has 0 fully saturated rings. The summed E-state index contributed by atoms with van der Waals surface area (Å²) in [6.07, 6.45) is 0.942. The Bertz CT molecular complexity index is 1170. The number of carbonyl (C=O) groups excluding carboxylic acids is 1. The van der Waals surface area contributed by atoms with Gasteiger partial charge in [-0.15, -0.1) is 11.8 Å². The lowest BCUT2D eigenvalue weighted by Gasteiger charge is -2.26. The van der Waals surface area contributed by atoms with Crippen molar-refractivity contribution in [3.8, 4) is 0 Å². The molecule has 2 heterocycles. The van der Waals surface area contributed by atoms with Gasteiger partial charge in [0.05, 0.1) is 29.7 Å². The van der Waals surface area contributed by atoms with Crippen LogP contribution in [-0.4, -0.2) is 45.7 Å². The minimum Gasteiger partial charge on any atom is -0.310 e. The third-order valence-electron chi connectivity index (χ3n) is 5.44. The smallest absolute Gasteiger partial charge is 0.258 e. The summed E-state index contributed by atoms with van der Waals surface area (Å²) in [5.74, 6) is 0.574. The van der Waals surface area contributed by atoms with Crippen LogP contribution in [0.4, 0.5) is 5.69 Å². The van der Waals surface area contributed by atoms with Crippen molar-refractivity contribution in [2.24, 2.45) is 0 Å². The number of anilines is 1. The van der Waals surface area contributed by atoms with E-state index in [4.69, 9.17) is 11.6 Å². The Morgan fingerprint density at radius 3 is 2.94 bits per heavy atom. The Balaban J connectivity index is 1.54. The molecule has 8 heteroatoms. The summed E-state index contributed by atoms with van der Waals surface area (Å²) >= 11 is 7.88. The molecule has 0 radical (unpaired) electrons. The molecule has 4 rings (SSSR count). The molecule has 0 saturated carbocycles. The molecule has 31 heavy (non-hydrogen) atoms. The molecule has 2 aromatic carbocycles. The number of thioether (sulfide) groups is 1. The Morgan fingerprint density at radius 2 is 2.13 bits per heavy atom. The second-order valence-corrected chi connectivity index (χ2v) is 9.62. The number of benzene rings is 2. The number of H-pyrrole nitrogens is 1. The summed E-state index contributed by atoms with van der Waals surface area (Å²) in [5.41, 5.74) is 1.33. The molecule has 3 aromatic rings. The van der Waals surface area contributed by atoms with Crippen LogP contribution in [0.15, 0.2) is 52.2 Å². The summed E-state index contributed by atoms with van der Waals surface area (Å²) in [6.45, 7) is 6.18. The third-order valence-corrected chi connectivity index (χ3v) is 6.91. The molecular formula is C23H25ClN4O2S. The van der Waals surface area contributed by atoms with Crippen LogP contribution in [0, 0.1) is 0 Å². The number of aromatic nitrogens is 2. The maximum absolute atomic E-state index is 13.3. The van der Waals surface area contributed by atoms with Crippen LogP contribution in [0.2, 0.25) is 5.02 Å². The number of carbonyl (C=O) groups is 1. The summed E-state index contributed by atoms with van der Waals surface area (Å²) < 4.78 is 0. The lowest BCUT2D eigenvalue weighted by Crippen LogP contribution is -2.41. The molecule has 0 aliphatic carbocycles. The molecule has 1 atom stereocenters. The molecule has 1 amide bonds. The molecule has 1 aliphatic heterocycles. The number of rotatable bonds is 5. The summed E-state index contributed by atoms with van der Waals surface area (Å²) in [4.78, 5) is 38.1. The maximum Gasteiger partial charge on any atom is 0.258 e. The third kappa shape index (κ3) is 4.95. The van der Waals surface area contributed by atoms with E-state index in [9.17, 15) is 9.59 Å². The van der Waals surface area contributed by atoms with Gasteiger partial charge in [0.2, 0.25) is 5.91 Å². The van der Waals surface area contributed by atoms with Gasteiger partial charge in [-0.2, -0.15) is 0 Å². The lowest BCUT2D eigenvalue weighted by atomic mass is 10.2. The van der Waals surface area contributed by atoms with Crippen molar-refractivity contribution in [3.63, 3.8) is 0 Å². The van der Waals surface area contributed by atoms with Crippen LogP contribution in [0.1, 0.15) is 26.1 Å². The zero-order valence-corrected chi connectivity index (χ0v) is 19.2. The number of amides is 1. The van der Waals surface area contributed by atoms with Gasteiger partial charge in [0.15, 0.2) is 0 Å². The molecular weight excluding hydrogens is 432 g/mol. The van der Waals surface area contributed by atoms with Gasteiger partial charge in [-0.3, -0.25) is 14.5 Å². The highest BCUT2D eigenvalue weighted by Gasteiger charge is 2.25. The van der Waals surface area contributed by atoms with Gasteiger partial charge >= 0.3 is 0 Å². The standard InChI is InChI=1S/C23H25ClN4O2S/c1-3-27(13-21-25-18-12-16(24)8-9-17(18)23(30)26-21)14-22(29)28-11-10-15(2)31-20-7-5-4-6-19(20)28/h4-9,12,15H,3,10-11,13-14H2,1-2H3,(H,25,26,30). The fourth-order valence-electron chi connectivity index (χ4n) is 3.75. The number of likely N-dealkylation sites (N-methyl/N-ethyl adjacent to an activating group) is 1. The first kappa shape index (κ1) is 21.9. The van der Waals surface area contributed by atoms with Crippen molar-refractivity contribution in [2.75, 3.05) is 24.5 Å². The summed E-state index contributed by atoms with van der Waals surface area (Å²) in [5, 5.41) is 1.49. The van der Waals surface area contributed by atoms with Crippen molar-refractivity contribution >= 4 is 45.9 Å². The van der Waals surface area contributed by atoms with E-state index < -0.39 is 0 Å². The first-order valence-corrected chi connectivity index (χ1v) is 11.7. The predicted molar refractivity (Wildman–Crippen MR) is 127 cm³/mol. The molecule has 1 aromatic heterocycles. The van der Waals surface area contributed by atoms with Crippen LogP contribution >= 0.6 is 23.4 Å². The Morgan fingerprint density at radius 1 is 1.32 bits per heavy atom. The number of aromatic amines is 1. The topological polar surface area (TPSA) is 69.3 Å². The summed E-state index contributed by atoms with van der Waals surface area (Å²) in [6, 6.07) is 13.1. The molecule has 1 aliphatic rings. The van der Waals surface area contributed by atoms with Crippen molar-refractivity contribution < 1.29 is 4.79 Å². The van der Waals surface area contributed by atoms with Crippen molar-refractivity contribution in [2.45, 2.75) is 37.0 Å². The van der Waals surface area contributed by atoms with E-state index in [1.807, 2.05) is 46.7 Å². The zero-order chi connectivity index (χ0) is 22.0. The molecule has 1 unspecified atom stereocenters. The highest BCUT2D eigenvalue weighted by atomic mass is 35.5. The second-order valence-electron chi connectivity index (χ2n) is 7.71. The van der Waals surface area contributed by atoms with Crippen LogP contribution in [-0.2, 0) is 11.3 Å². The van der Waals surface area contributed by atoms with Crippen LogP contribution < -0.4 is 10.5 Å². The fraction of sp³-hybridized carbons (Fsp3) is 0.348. The van der Waals surface area contributed by atoms with Gasteiger partial charge in [-0.05, 0) is 43.3 Å². The van der Waals surface area contributed by atoms with Gasteiger partial charge in [-0.1, -0.05) is 37.6 Å². The number of hydrogen-bond donors (Lipinski definition) is 1. The van der Waals surface area contributed by atoms with Gasteiger partial charge in [0, 0.05) is 21.7 Å². The Hall–Kier alpha value is -2.35. The van der Waals surface area contributed by atoms with Gasteiger partial charge in [0.1, 0.15) is 5.82 Å². The second kappa shape index (κ2) is 9.42. The average Bonchev–Trinajstić information content (AvgIpc) is 2.91. The largest absolute Gasteiger partial charge is 0.310 e. The molecule has 0 bridgehead atoms. The first-order valence-electron chi connectivity index (χ1n) is 10.4. The molecule has 1 N–H and O–H groups in total. The van der Waals surface area contributed by atoms with Gasteiger partial charge < -0.3 is 9.88 Å². The lowest BCUT2D eigenvalue weighted by molar-refractivity contribution is -0.119. The van der Waals surface area contributed by atoms with Crippen LogP contribution in [0.3, 0.4) is 0 Å². The SMILES string of the molecule is CCN(CC(=O)N1CCC(C)Sc2ccccc21)Cc1nc2cc(Cl)ccc2c(=O)[nH]1. The van der Waals surface area contributed by atoms with E-state index in [0.29, 0.717) is 46.6 Å². The number of hydrogen-bond acceptors (Lipinski definition) is 5. The number of nitrogens with one attached hydrogen (secondary N) is 1. The van der Waals surface area contributed by atoms with Crippen molar-refractivity contribution in [1.29, 1.82) is 0 Å². The number of halogens is 1. The highest BCUT2D eigenvalue weighted by Crippen LogP contribution is 2.37. The van der Waals surface area contributed by atoms with E-state index >= 15 is 0 Å². The molecule has 6 nitrogen and oxygen atoms in total. The molecule has 162 valence electrons. The average molecular weight is 457 g/mol. The fourth-order valence-corrected chi connectivity index (χ4v) is 5.03. The normalized spacial score (nSPS) is 16.4. The monoisotopic (exact) mass is 456 g/mol. The molecule has 0 saturated heterocycles. The van der Waals surface area contributed by atoms with Crippen molar-refractivity contribution in [3.05, 3.63) is 63.7 Å². The highest BCUT2D eigenvalue weighted by molar-refractivity contribution is 8.00. The number of para-hydroxylation sites is 1. The van der Waals surface area contributed by atoms with E-state index in [-0.39, 0.29) is 18.0 Å². The van der Waals surface area contributed by atoms with Crippen LogP contribution in [0.25, 0.3) is 10.9 Å². The summed E-state index contributed by atoms with van der Waals surface area (Å²) in [7, 11) is 0.